The van der Waals surface area contributed by atoms with Crippen molar-refractivity contribution >= 4 is 10.1 Å². The Hall–Kier alpha value is -0.950. The average molecular weight is 287 g/mol. The van der Waals surface area contributed by atoms with Crippen molar-refractivity contribution in [3.05, 3.63) is 29.8 Å². The van der Waals surface area contributed by atoms with Crippen LogP contribution < -0.4 is 5.32 Å². The number of hydrogen-bond acceptors (Lipinski definition) is 4. The standard InChI is InChI=1S/C7H8O3S.C6H13NO/c1-6-3-2-4-7(5-6)11(8,9)10;1-5-3-7-4-6(2)8-5/h2-5H,1H3,(H,8,9,10);5-7H,3-4H2,1-2H3. The second kappa shape index (κ2) is 7.00. The van der Waals surface area contributed by atoms with Crippen molar-refractivity contribution in [3.8, 4) is 0 Å². The molecular formula is C13H21NO4S. The van der Waals surface area contributed by atoms with Crippen molar-refractivity contribution in [1.29, 1.82) is 0 Å². The molecule has 1 aromatic carbocycles. The monoisotopic (exact) mass is 287 g/mol. The van der Waals surface area contributed by atoms with E-state index in [-0.39, 0.29) is 4.90 Å². The van der Waals surface area contributed by atoms with Crippen LogP contribution in [0.2, 0.25) is 0 Å². The summed E-state index contributed by atoms with van der Waals surface area (Å²) in [6.07, 6.45) is 0.803. The van der Waals surface area contributed by atoms with Gasteiger partial charge in [0.25, 0.3) is 10.1 Å². The summed E-state index contributed by atoms with van der Waals surface area (Å²) in [5.41, 5.74) is 0.806. The molecule has 0 aliphatic carbocycles. The quantitative estimate of drug-likeness (QED) is 0.768. The Morgan fingerprint density at radius 3 is 2.16 bits per heavy atom. The van der Waals surface area contributed by atoms with Crippen LogP contribution in [0.25, 0.3) is 0 Å². The van der Waals surface area contributed by atoms with Gasteiger partial charge in [0.1, 0.15) is 0 Å². The van der Waals surface area contributed by atoms with E-state index in [4.69, 9.17) is 9.29 Å². The third kappa shape index (κ3) is 6.15. The van der Waals surface area contributed by atoms with Crippen LogP contribution in [-0.2, 0) is 14.9 Å². The van der Waals surface area contributed by atoms with E-state index in [1.54, 1.807) is 19.1 Å². The van der Waals surface area contributed by atoms with E-state index >= 15 is 0 Å². The fourth-order valence-electron chi connectivity index (χ4n) is 1.76. The topological polar surface area (TPSA) is 75.6 Å². The zero-order valence-corrected chi connectivity index (χ0v) is 12.3. The SMILES string of the molecule is CC1CNCC(C)O1.Cc1cccc(S(=O)(=O)O)c1. The third-order valence-corrected chi connectivity index (χ3v) is 3.47. The molecule has 2 rings (SSSR count). The minimum Gasteiger partial charge on any atom is -0.373 e. The molecule has 1 aliphatic heterocycles. The van der Waals surface area contributed by atoms with E-state index in [0.717, 1.165) is 18.7 Å². The van der Waals surface area contributed by atoms with Crippen LogP contribution in [0.5, 0.6) is 0 Å². The van der Waals surface area contributed by atoms with Gasteiger partial charge in [-0.3, -0.25) is 4.55 Å². The van der Waals surface area contributed by atoms with E-state index < -0.39 is 10.1 Å². The first-order valence-electron chi connectivity index (χ1n) is 6.19. The smallest absolute Gasteiger partial charge is 0.294 e. The predicted octanol–water partition coefficient (Wildman–Crippen LogP) is 1.62. The van der Waals surface area contributed by atoms with Crippen molar-refractivity contribution in [1.82, 2.24) is 5.32 Å². The van der Waals surface area contributed by atoms with Gasteiger partial charge in [-0.05, 0) is 38.5 Å². The van der Waals surface area contributed by atoms with Gasteiger partial charge < -0.3 is 10.1 Å². The van der Waals surface area contributed by atoms with Gasteiger partial charge in [-0.15, -0.1) is 0 Å². The maximum Gasteiger partial charge on any atom is 0.294 e. The second-order valence-electron chi connectivity index (χ2n) is 4.71. The van der Waals surface area contributed by atoms with Crippen LogP contribution in [0.1, 0.15) is 19.4 Å². The minimum atomic E-state index is -4.03. The summed E-state index contributed by atoms with van der Waals surface area (Å²) in [7, 11) is -4.03. The summed E-state index contributed by atoms with van der Waals surface area (Å²) in [5.74, 6) is 0. The lowest BCUT2D eigenvalue weighted by molar-refractivity contribution is -0.0166. The summed E-state index contributed by atoms with van der Waals surface area (Å²) in [4.78, 5) is -0.0579. The van der Waals surface area contributed by atoms with Crippen LogP contribution in [0.3, 0.4) is 0 Å². The predicted molar refractivity (Wildman–Crippen MR) is 73.9 cm³/mol. The molecule has 1 aromatic rings. The lowest BCUT2D eigenvalue weighted by Gasteiger charge is -2.25. The summed E-state index contributed by atoms with van der Waals surface area (Å²) in [6, 6.07) is 6.10. The van der Waals surface area contributed by atoms with Crippen LogP contribution >= 0.6 is 0 Å². The highest BCUT2D eigenvalue weighted by Gasteiger charge is 2.12. The van der Waals surface area contributed by atoms with Crippen molar-refractivity contribution < 1.29 is 17.7 Å². The number of benzene rings is 1. The summed E-state index contributed by atoms with van der Waals surface area (Å²) >= 11 is 0. The van der Waals surface area contributed by atoms with E-state index in [9.17, 15) is 8.42 Å². The van der Waals surface area contributed by atoms with E-state index in [1.165, 1.54) is 12.1 Å². The van der Waals surface area contributed by atoms with Gasteiger partial charge in [-0.25, -0.2) is 0 Å². The average Bonchev–Trinajstić information content (AvgIpc) is 2.28. The van der Waals surface area contributed by atoms with Crippen LogP contribution in [-0.4, -0.2) is 38.3 Å². The molecule has 1 saturated heterocycles. The number of aryl methyl sites for hydroxylation is 1. The fourth-order valence-corrected chi connectivity index (χ4v) is 2.34. The largest absolute Gasteiger partial charge is 0.373 e. The molecule has 1 fully saturated rings. The minimum absolute atomic E-state index is 0.0579. The van der Waals surface area contributed by atoms with Crippen molar-refractivity contribution in [2.45, 2.75) is 37.9 Å². The van der Waals surface area contributed by atoms with E-state index in [0.29, 0.717) is 12.2 Å². The van der Waals surface area contributed by atoms with E-state index in [2.05, 4.69) is 19.2 Å². The molecule has 2 atom stereocenters. The Morgan fingerprint density at radius 2 is 1.84 bits per heavy atom. The first-order chi connectivity index (χ1) is 8.79. The van der Waals surface area contributed by atoms with Crippen molar-refractivity contribution in [2.75, 3.05) is 13.1 Å². The lowest BCUT2D eigenvalue weighted by Crippen LogP contribution is -2.41. The van der Waals surface area contributed by atoms with Gasteiger partial charge in [0.2, 0.25) is 0 Å². The Balaban J connectivity index is 0.000000200. The van der Waals surface area contributed by atoms with Gasteiger partial charge in [0, 0.05) is 13.1 Å². The number of hydrogen-bond donors (Lipinski definition) is 2. The van der Waals surface area contributed by atoms with Gasteiger partial charge in [0.05, 0.1) is 17.1 Å². The second-order valence-corrected chi connectivity index (χ2v) is 6.13. The summed E-state index contributed by atoms with van der Waals surface area (Å²) < 4.78 is 35.1. The lowest BCUT2D eigenvalue weighted by atomic mass is 10.2. The maximum atomic E-state index is 10.5. The molecule has 2 N–H and O–H groups in total. The van der Waals surface area contributed by atoms with Gasteiger partial charge >= 0.3 is 0 Å². The molecule has 0 spiro atoms. The molecule has 2 unspecified atom stereocenters. The first kappa shape index (κ1) is 16.1. The first-order valence-corrected chi connectivity index (χ1v) is 7.63. The van der Waals surface area contributed by atoms with Gasteiger partial charge in [-0.2, -0.15) is 8.42 Å². The van der Waals surface area contributed by atoms with Crippen molar-refractivity contribution in [2.24, 2.45) is 0 Å². The molecule has 0 aromatic heterocycles. The van der Waals surface area contributed by atoms with Gasteiger partial charge in [-0.1, -0.05) is 12.1 Å². The highest BCUT2D eigenvalue weighted by molar-refractivity contribution is 7.85. The molecule has 0 saturated carbocycles. The maximum absolute atomic E-state index is 10.5. The Kier molecular flexibility index (Phi) is 5.93. The highest BCUT2D eigenvalue weighted by atomic mass is 32.2. The molecule has 1 heterocycles. The van der Waals surface area contributed by atoms with Gasteiger partial charge in [0.15, 0.2) is 0 Å². The summed E-state index contributed by atoms with van der Waals surface area (Å²) in [6.45, 7) is 7.94. The molecule has 0 bridgehead atoms. The molecule has 5 nitrogen and oxygen atoms in total. The highest BCUT2D eigenvalue weighted by Crippen LogP contribution is 2.09. The number of nitrogens with one attached hydrogen (secondary N) is 1. The Labute approximate surface area is 114 Å². The molecule has 0 radical (unpaired) electrons. The molecule has 6 heteroatoms. The molecular weight excluding hydrogens is 266 g/mol. The number of morpholine rings is 1. The van der Waals surface area contributed by atoms with Crippen LogP contribution in [0, 0.1) is 6.92 Å². The molecule has 19 heavy (non-hydrogen) atoms. The fraction of sp³-hybridized carbons (Fsp3) is 0.538. The molecule has 108 valence electrons. The zero-order valence-electron chi connectivity index (χ0n) is 11.5. The Morgan fingerprint density at radius 1 is 1.26 bits per heavy atom. The van der Waals surface area contributed by atoms with Crippen LogP contribution in [0.4, 0.5) is 0 Å². The number of rotatable bonds is 1. The Bertz CT molecular complexity index is 493. The van der Waals surface area contributed by atoms with Crippen molar-refractivity contribution in [3.63, 3.8) is 0 Å². The number of ether oxygens (including phenoxy) is 1. The van der Waals surface area contributed by atoms with E-state index in [1.807, 2.05) is 0 Å². The third-order valence-electron chi connectivity index (χ3n) is 2.62. The normalized spacial score (nSPS) is 23.4. The molecule has 1 aliphatic rings. The zero-order chi connectivity index (χ0) is 14.5. The van der Waals surface area contributed by atoms with Crippen LogP contribution in [0.15, 0.2) is 29.2 Å². The molecule has 0 amide bonds. The summed E-state index contributed by atoms with van der Waals surface area (Å²) in [5, 5.41) is 3.26.